The number of hydrogen-bond donors (Lipinski definition) is 2. The molecule has 126 valence electrons. The highest BCUT2D eigenvalue weighted by Gasteiger charge is 2.15. The number of benzene rings is 1. The number of amides is 1. The van der Waals surface area contributed by atoms with Crippen LogP contribution in [-0.2, 0) is 17.8 Å². The Morgan fingerprint density at radius 1 is 1.43 bits per heavy atom. The summed E-state index contributed by atoms with van der Waals surface area (Å²) >= 11 is 0. The van der Waals surface area contributed by atoms with Gasteiger partial charge in [-0.2, -0.15) is 0 Å². The van der Waals surface area contributed by atoms with Crippen LogP contribution in [0.5, 0.6) is 0 Å². The van der Waals surface area contributed by atoms with Gasteiger partial charge in [0.15, 0.2) is 0 Å². The molecule has 6 heteroatoms. The molecule has 0 aliphatic carbocycles. The highest BCUT2D eigenvalue weighted by atomic mass is 35.5. The van der Waals surface area contributed by atoms with Gasteiger partial charge in [0.1, 0.15) is 12.4 Å². The highest BCUT2D eigenvalue weighted by Crippen LogP contribution is 2.16. The Hall–Kier alpha value is -1.59. The zero-order valence-electron chi connectivity index (χ0n) is 13.5. The third kappa shape index (κ3) is 4.24. The average Bonchev–Trinajstić information content (AvgIpc) is 2.92. The topological polar surface area (TPSA) is 59.0 Å². The van der Waals surface area contributed by atoms with Crippen LogP contribution in [0, 0.1) is 5.92 Å². The molecule has 1 aliphatic heterocycles. The van der Waals surface area contributed by atoms with Crippen molar-refractivity contribution >= 4 is 29.3 Å². The summed E-state index contributed by atoms with van der Waals surface area (Å²) in [6.45, 7) is 5.30. The maximum absolute atomic E-state index is 12.3. The molecular formula is C17H25ClN4O. The number of nitrogens with zero attached hydrogens (tertiary/aromatic N) is 2. The number of aryl methyl sites for hydroxylation is 1. The van der Waals surface area contributed by atoms with E-state index in [4.69, 9.17) is 0 Å². The summed E-state index contributed by atoms with van der Waals surface area (Å²) in [6, 6.07) is 8.00. The second-order valence-electron chi connectivity index (χ2n) is 5.97. The lowest BCUT2D eigenvalue weighted by molar-refractivity contribution is -0.121. The van der Waals surface area contributed by atoms with Crippen molar-refractivity contribution in [2.24, 2.45) is 5.92 Å². The minimum atomic E-state index is 0. The van der Waals surface area contributed by atoms with Crippen LogP contribution in [-0.4, -0.2) is 35.1 Å². The molecule has 1 fully saturated rings. The van der Waals surface area contributed by atoms with E-state index in [1.54, 1.807) is 0 Å². The summed E-state index contributed by atoms with van der Waals surface area (Å²) in [6.07, 6.45) is 3.22. The highest BCUT2D eigenvalue weighted by molar-refractivity contribution is 5.85. The maximum atomic E-state index is 12.3. The molecule has 1 amide bonds. The van der Waals surface area contributed by atoms with Crippen molar-refractivity contribution in [2.75, 3.05) is 19.6 Å². The van der Waals surface area contributed by atoms with E-state index in [9.17, 15) is 4.79 Å². The Morgan fingerprint density at radius 2 is 2.26 bits per heavy atom. The van der Waals surface area contributed by atoms with Crippen molar-refractivity contribution in [3.63, 3.8) is 0 Å². The third-order valence-corrected chi connectivity index (χ3v) is 4.34. The van der Waals surface area contributed by atoms with E-state index in [0.29, 0.717) is 12.5 Å². The summed E-state index contributed by atoms with van der Waals surface area (Å²) in [5.74, 6) is 1.60. The van der Waals surface area contributed by atoms with E-state index >= 15 is 0 Å². The Balaban J connectivity index is 0.00000192. The van der Waals surface area contributed by atoms with E-state index in [-0.39, 0.29) is 18.3 Å². The second kappa shape index (κ2) is 8.31. The second-order valence-corrected chi connectivity index (χ2v) is 5.97. The molecule has 0 saturated carbocycles. The van der Waals surface area contributed by atoms with Crippen LogP contribution in [0.3, 0.4) is 0 Å². The predicted octanol–water partition coefficient (Wildman–Crippen LogP) is 2.14. The fraction of sp³-hybridized carbons (Fsp3) is 0.529. The number of halogens is 1. The minimum Gasteiger partial charge on any atom is -0.354 e. The molecule has 1 atom stereocenters. The lowest BCUT2D eigenvalue weighted by Crippen LogP contribution is -2.39. The van der Waals surface area contributed by atoms with Crippen LogP contribution < -0.4 is 10.6 Å². The van der Waals surface area contributed by atoms with E-state index < -0.39 is 0 Å². The summed E-state index contributed by atoms with van der Waals surface area (Å²) in [7, 11) is 0. The van der Waals surface area contributed by atoms with Gasteiger partial charge in [-0.15, -0.1) is 12.4 Å². The average molecular weight is 337 g/mol. The molecule has 0 radical (unpaired) electrons. The molecule has 2 N–H and O–H groups in total. The van der Waals surface area contributed by atoms with E-state index in [2.05, 4.69) is 22.5 Å². The van der Waals surface area contributed by atoms with Gasteiger partial charge in [-0.25, -0.2) is 4.98 Å². The zero-order chi connectivity index (χ0) is 15.4. The van der Waals surface area contributed by atoms with Crippen molar-refractivity contribution in [2.45, 2.75) is 32.7 Å². The van der Waals surface area contributed by atoms with Crippen molar-refractivity contribution in [3.05, 3.63) is 30.1 Å². The number of para-hydroxylation sites is 2. The Kier molecular flexibility index (Phi) is 6.42. The maximum Gasteiger partial charge on any atom is 0.240 e. The minimum absolute atomic E-state index is 0. The van der Waals surface area contributed by atoms with Crippen LogP contribution in [0.4, 0.5) is 0 Å². The largest absolute Gasteiger partial charge is 0.354 e. The summed E-state index contributed by atoms with van der Waals surface area (Å²) in [5.41, 5.74) is 2.00. The first-order valence-electron chi connectivity index (χ1n) is 8.19. The van der Waals surface area contributed by atoms with Gasteiger partial charge in [0.05, 0.1) is 11.0 Å². The molecule has 0 bridgehead atoms. The molecule has 3 rings (SSSR count). The standard InChI is InChI=1S/C17H24N4O.ClH/c1-2-16-20-14-7-3-4-8-15(14)21(16)12-17(22)19-11-13-6-5-9-18-10-13;/h3-4,7-8,13,18H,2,5-6,9-12H2,1H3,(H,19,22);1H. The smallest absolute Gasteiger partial charge is 0.240 e. The SMILES string of the molecule is CCc1nc2ccccc2n1CC(=O)NCC1CCCNC1.Cl. The van der Waals surface area contributed by atoms with Crippen molar-refractivity contribution in [1.29, 1.82) is 0 Å². The number of rotatable bonds is 5. The van der Waals surface area contributed by atoms with Gasteiger partial charge >= 0.3 is 0 Å². The first-order chi connectivity index (χ1) is 10.8. The Labute approximate surface area is 143 Å². The molecule has 1 aliphatic rings. The number of piperidine rings is 1. The van der Waals surface area contributed by atoms with Gasteiger partial charge < -0.3 is 15.2 Å². The fourth-order valence-electron chi connectivity index (χ4n) is 3.13. The van der Waals surface area contributed by atoms with Gasteiger partial charge in [-0.3, -0.25) is 4.79 Å². The van der Waals surface area contributed by atoms with Crippen molar-refractivity contribution in [1.82, 2.24) is 20.2 Å². The molecular weight excluding hydrogens is 312 g/mol. The van der Waals surface area contributed by atoms with Gasteiger partial charge in [-0.1, -0.05) is 19.1 Å². The van der Waals surface area contributed by atoms with Crippen LogP contribution in [0.2, 0.25) is 0 Å². The van der Waals surface area contributed by atoms with Gasteiger partial charge in [0, 0.05) is 13.0 Å². The first kappa shape index (κ1) is 17.8. The number of hydrogen-bond acceptors (Lipinski definition) is 3. The molecule has 2 heterocycles. The van der Waals surface area contributed by atoms with Crippen LogP contribution >= 0.6 is 12.4 Å². The van der Waals surface area contributed by atoms with Crippen LogP contribution in [0.15, 0.2) is 24.3 Å². The van der Waals surface area contributed by atoms with Crippen molar-refractivity contribution < 1.29 is 4.79 Å². The summed E-state index contributed by atoms with van der Waals surface area (Å²) in [4.78, 5) is 16.9. The molecule has 1 aromatic carbocycles. The van der Waals surface area contributed by atoms with Gasteiger partial charge in [0.25, 0.3) is 0 Å². The van der Waals surface area contributed by atoms with Crippen LogP contribution in [0.1, 0.15) is 25.6 Å². The number of aromatic nitrogens is 2. The molecule has 1 saturated heterocycles. The third-order valence-electron chi connectivity index (χ3n) is 4.34. The van der Waals surface area contributed by atoms with Crippen LogP contribution in [0.25, 0.3) is 11.0 Å². The van der Waals surface area contributed by atoms with E-state index in [1.165, 1.54) is 12.8 Å². The fourth-order valence-corrected chi connectivity index (χ4v) is 3.13. The molecule has 1 unspecified atom stereocenters. The molecule has 1 aromatic heterocycles. The number of carbonyl (C=O) groups excluding carboxylic acids is 1. The number of fused-ring (bicyclic) bond motifs is 1. The molecule has 0 spiro atoms. The summed E-state index contributed by atoms with van der Waals surface area (Å²) in [5, 5.41) is 6.46. The van der Waals surface area contributed by atoms with Gasteiger partial charge in [-0.05, 0) is 44.0 Å². The molecule has 5 nitrogen and oxygen atoms in total. The Bertz CT molecular complexity index is 649. The molecule has 2 aromatic rings. The number of imidazole rings is 1. The van der Waals surface area contributed by atoms with Crippen molar-refractivity contribution in [3.8, 4) is 0 Å². The Morgan fingerprint density at radius 3 is 3.00 bits per heavy atom. The number of nitrogens with one attached hydrogen (secondary N) is 2. The number of carbonyl (C=O) groups is 1. The quantitative estimate of drug-likeness (QED) is 0.879. The lowest BCUT2D eigenvalue weighted by Gasteiger charge is -2.23. The zero-order valence-corrected chi connectivity index (χ0v) is 14.4. The summed E-state index contributed by atoms with van der Waals surface area (Å²) < 4.78 is 2.03. The van der Waals surface area contributed by atoms with E-state index in [1.807, 2.05) is 28.8 Å². The predicted molar refractivity (Wildman–Crippen MR) is 95.0 cm³/mol. The molecule has 23 heavy (non-hydrogen) atoms. The monoisotopic (exact) mass is 336 g/mol. The van der Waals surface area contributed by atoms with E-state index in [0.717, 1.165) is 42.9 Å². The normalized spacial score (nSPS) is 17.7. The van der Waals surface area contributed by atoms with Gasteiger partial charge in [0.2, 0.25) is 5.91 Å². The first-order valence-corrected chi connectivity index (χ1v) is 8.19. The lowest BCUT2D eigenvalue weighted by atomic mass is 10.00.